The zero-order valence-corrected chi connectivity index (χ0v) is 40.2. The van der Waals surface area contributed by atoms with Crippen molar-refractivity contribution in [1.82, 2.24) is 19.5 Å². The minimum Gasteiger partial charge on any atom is -0.308 e. The molecular weight excluding hydrogens is 949 g/mol. The van der Waals surface area contributed by atoms with E-state index in [9.17, 15) is 26.3 Å². The quantitative estimate of drug-likeness (QED) is 0.135. The monoisotopic (exact) mass is 978 g/mol. The van der Waals surface area contributed by atoms with Crippen LogP contribution in [-0.4, -0.2) is 19.5 Å². The molecule has 12 nitrogen and oxygen atoms in total. The lowest BCUT2D eigenvalue weighted by Crippen LogP contribution is -2.05. The SMILES string of the molecule is [C-]#[N+]c1cc(C#N)cc(-c2ccc3c(c2)c2cc(-c4cc(C#N)cc([N+]#[C-])c4)ccc2n3-c2c(-c3ccc(C#N)cc3C#N)cc(-c3nc(-c4ccccc4)nc(-c4ccccc4)n3)cc2-c2ccc([N+]#[C-])cc2C#N)c1. The number of nitrogens with zero attached hydrogens (tertiary/aromatic N) is 12. The summed E-state index contributed by atoms with van der Waals surface area (Å²) >= 11 is 0. The number of hydrogen-bond acceptors (Lipinski definition) is 8. The molecule has 0 unspecified atom stereocenters. The average molecular weight is 979 g/mol. The van der Waals surface area contributed by atoms with Crippen LogP contribution in [0, 0.1) is 76.4 Å². The first-order valence-electron chi connectivity index (χ1n) is 23.6. The lowest BCUT2D eigenvalue weighted by atomic mass is 9.88. The standard InChI is InChI=1S/C65H30N12/c1-71-51-17-19-55(50(29-51)38-70)59-33-48(65-75-63(42-10-6-4-7-11-42)74-64(76-65)43-12-8-5-9-13-43)32-58(54-18-14-39(34-66)22-49(54)37-69)62(59)77-60-20-15-44(46-23-40(35-67)25-52(27-46)72-2)30-56(60)57-31-45(16-21-61(57)77)47-24-41(36-68)26-53(28-47)73-3/h4-33H. The van der Waals surface area contributed by atoms with Crippen molar-refractivity contribution in [3.8, 4) is 115 Å². The van der Waals surface area contributed by atoms with Crippen LogP contribution in [0.1, 0.15) is 27.8 Å². The van der Waals surface area contributed by atoms with Crippen LogP contribution >= 0.6 is 0 Å². The van der Waals surface area contributed by atoms with E-state index in [1.807, 2.05) is 109 Å². The Kier molecular flexibility index (Phi) is 12.1. The van der Waals surface area contributed by atoms with Crippen LogP contribution in [0.2, 0.25) is 0 Å². The van der Waals surface area contributed by atoms with Gasteiger partial charge in [0.15, 0.2) is 34.5 Å². The number of rotatable bonds is 8. The van der Waals surface area contributed by atoms with Crippen LogP contribution in [0.3, 0.4) is 0 Å². The van der Waals surface area contributed by atoms with Crippen molar-refractivity contribution in [1.29, 1.82) is 26.3 Å². The van der Waals surface area contributed by atoms with Crippen LogP contribution in [0.15, 0.2) is 182 Å². The average Bonchev–Trinajstić information content (AvgIpc) is 4.04. The Morgan fingerprint density at radius 1 is 0.338 bits per heavy atom. The summed E-state index contributed by atoms with van der Waals surface area (Å²) in [6, 6.07) is 65.6. The third-order valence-corrected chi connectivity index (χ3v) is 13.2. The largest absolute Gasteiger partial charge is 0.308 e. The van der Waals surface area contributed by atoms with E-state index in [0.29, 0.717) is 101 Å². The summed E-state index contributed by atoms with van der Waals surface area (Å²) in [6.07, 6.45) is 0. The molecule has 11 aromatic rings. The molecule has 0 saturated heterocycles. The van der Waals surface area contributed by atoms with Gasteiger partial charge in [-0.05, 0) is 119 Å². The van der Waals surface area contributed by atoms with E-state index in [1.54, 1.807) is 48.5 Å². The fraction of sp³-hybridized carbons (Fsp3) is 0. The highest BCUT2D eigenvalue weighted by atomic mass is 15.0. The molecule has 0 radical (unpaired) electrons. The molecule has 11 rings (SSSR count). The number of nitriles is 5. The Morgan fingerprint density at radius 3 is 1.25 bits per heavy atom. The van der Waals surface area contributed by atoms with E-state index < -0.39 is 0 Å². The Morgan fingerprint density at radius 2 is 0.792 bits per heavy atom. The van der Waals surface area contributed by atoms with Gasteiger partial charge in [-0.25, -0.2) is 29.5 Å². The van der Waals surface area contributed by atoms with Gasteiger partial charge in [-0.15, -0.1) is 0 Å². The maximum atomic E-state index is 11.0. The Labute approximate surface area is 441 Å². The fourth-order valence-electron chi connectivity index (χ4n) is 9.66. The van der Waals surface area contributed by atoms with Crippen molar-refractivity contribution in [2.75, 3.05) is 0 Å². The molecule has 12 heteroatoms. The van der Waals surface area contributed by atoms with Crippen LogP contribution in [0.5, 0.6) is 0 Å². The van der Waals surface area contributed by atoms with Gasteiger partial charge in [-0.1, -0.05) is 91.0 Å². The molecule has 350 valence electrons. The van der Waals surface area contributed by atoms with Gasteiger partial charge in [-0.2, -0.15) is 26.3 Å². The van der Waals surface area contributed by atoms with E-state index >= 15 is 0 Å². The molecule has 0 bridgehead atoms. The second kappa shape index (κ2) is 19.7. The minimum atomic E-state index is 0.189. The van der Waals surface area contributed by atoms with Crippen molar-refractivity contribution >= 4 is 38.9 Å². The molecule has 0 saturated carbocycles. The third-order valence-electron chi connectivity index (χ3n) is 13.2. The van der Waals surface area contributed by atoms with Gasteiger partial charge in [0.1, 0.15) is 0 Å². The molecule has 0 aliphatic carbocycles. The summed E-state index contributed by atoms with van der Waals surface area (Å²) in [4.78, 5) is 26.1. The van der Waals surface area contributed by atoms with Crippen molar-refractivity contribution < 1.29 is 0 Å². The fourth-order valence-corrected chi connectivity index (χ4v) is 9.66. The second-order valence-corrected chi connectivity index (χ2v) is 17.7. The summed E-state index contributed by atoms with van der Waals surface area (Å²) < 4.78 is 2.06. The zero-order chi connectivity index (χ0) is 53.2. The molecule has 0 aliphatic rings. The van der Waals surface area contributed by atoms with Gasteiger partial charge in [0, 0.05) is 60.8 Å². The van der Waals surface area contributed by atoms with Gasteiger partial charge in [0.2, 0.25) is 0 Å². The third kappa shape index (κ3) is 8.63. The van der Waals surface area contributed by atoms with Crippen LogP contribution < -0.4 is 0 Å². The zero-order valence-electron chi connectivity index (χ0n) is 40.2. The van der Waals surface area contributed by atoms with Gasteiger partial charge in [0.05, 0.1) is 77.9 Å². The van der Waals surface area contributed by atoms with Crippen molar-refractivity contribution in [2.24, 2.45) is 0 Å². The summed E-state index contributed by atoms with van der Waals surface area (Å²) in [5, 5.41) is 53.6. The first-order chi connectivity index (χ1) is 37.7. The van der Waals surface area contributed by atoms with Crippen molar-refractivity contribution in [3.63, 3.8) is 0 Å². The Hall–Kier alpha value is -12.3. The highest BCUT2D eigenvalue weighted by Crippen LogP contribution is 2.47. The molecular formula is C65H30N12. The smallest absolute Gasteiger partial charge is 0.189 e. The topological polar surface area (TPSA) is 176 Å². The van der Waals surface area contributed by atoms with E-state index in [1.165, 1.54) is 24.3 Å². The second-order valence-electron chi connectivity index (χ2n) is 17.7. The number of benzene rings is 9. The maximum Gasteiger partial charge on any atom is 0.189 e. The molecule has 9 aromatic carbocycles. The normalized spacial score (nSPS) is 10.5. The molecule has 77 heavy (non-hydrogen) atoms. The lowest BCUT2D eigenvalue weighted by molar-refractivity contribution is 1.07. The summed E-state index contributed by atoms with van der Waals surface area (Å²) in [7, 11) is 0. The molecule has 0 atom stereocenters. The molecule has 0 aliphatic heterocycles. The number of aromatic nitrogens is 4. The Bertz CT molecular complexity index is 4320. The van der Waals surface area contributed by atoms with Gasteiger partial charge < -0.3 is 4.57 Å². The van der Waals surface area contributed by atoms with E-state index in [-0.39, 0.29) is 28.2 Å². The number of fused-ring (bicyclic) bond motifs is 3. The first-order valence-corrected chi connectivity index (χ1v) is 23.6. The van der Waals surface area contributed by atoms with Gasteiger partial charge in [0.25, 0.3) is 0 Å². The van der Waals surface area contributed by atoms with E-state index in [2.05, 4.69) is 49.4 Å². The predicted molar refractivity (Wildman–Crippen MR) is 295 cm³/mol. The highest BCUT2D eigenvalue weighted by molar-refractivity contribution is 6.13. The van der Waals surface area contributed by atoms with Gasteiger partial charge >= 0.3 is 0 Å². The molecule has 2 heterocycles. The molecule has 0 fully saturated rings. The van der Waals surface area contributed by atoms with Crippen molar-refractivity contribution in [3.05, 3.63) is 244 Å². The van der Waals surface area contributed by atoms with Crippen LogP contribution in [-0.2, 0) is 0 Å². The Balaban J connectivity index is 1.31. The summed E-state index contributed by atoms with van der Waals surface area (Å²) in [5.74, 6) is 1.08. The molecule has 0 amide bonds. The molecule has 0 N–H and O–H groups in total. The molecule has 0 spiro atoms. The lowest BCUT2D eigenvalue weighted by Gasteiger charge is -2.22. The number of hydrogen-bond donors (Lipinski definition) is 0. The van der Waals surface area contributed by atoms with Crippen LogP contribution in [0.25, 0.3) is 121 Å². The van der Waals surface area contributed by atoms with Crippen molar-refractivity contribution in [2.45, 2.75) is 0 Å². The summed E-state index contributed by atoms with van der Waals surface area (Å²) in [5.41, 5.74) is 10.6. The summed E-state index contributed by atoms with van der Waals surface area (Å²) in [6.45, 7) is 23.6. The van der Waals surface area contributed by atoms with E-state index in [0.717, 1.165) is 21.9 Å². The van der Waals surface area contributed by atoms with E-state index in [4.69, 9.17) is 34.7 Å². The highest BCUT2D eigenvalue weighted by Gasteiger charge is 2.26. The van der Waals surface area contributed by atoms with Crippen LogP contribution in [0.4, 0.5) is 17.1 Å². The molecule has 2 aromatic heterocycles. The maximum absolute atomic E-state index is 11.0. The van der Waals surface area contributed by atoms with Gasteiger partial charge in [-0.3, -0.25) is 0 Å². The first kappa shape index (κ1) is 47.1. The minimum absolute atomic E-state index is 0.189. The predicted octanol–water partition coefficient (Wildman–Crippen LogP) is 15.6.